The summed E-state index contributed by atoms with van der Waals surface area (Å²) in [7, 11) is 0. The topological polar surface area (TPSA) is 92.6 Å². The summed E-state index contributed by atoms with van der Waals surface area (Å²) in [6.45, 7) is 4.18. The van der Waals surface area contributed by atoms with Gasteiger partial charge in [-0.25, -0.2) is 0 Å². The molecule has 1 aliphatic rings. The van der Waals surface area contributed by atoms with Crippen LogP contribution in [0.15, 0.2) is 48.5 Å². The van der Waals surface area contributed by atoms with Gasteiger partial charge >= 0.3 is 0 Å². The van der Waals surface area contributed by atoms with Crippen molar-refractivity contribution >= 4 is 29.3 Å². The van der Waals surface area contributed by atoms with Gasteiger partial charge in [0.25, 0.3) is 5.69 Å². The van der Waals surface area contributed by atoms with E-state index in [9.17, 15) is 19.7 Å². The molecule has 176 valence electrons. The molecule has 33 heavy (non-hydrogen) atoms. The number of carbonyl (C=O) groups is 2. The van der Waals surface area contributed by atoms with E-state index in [4.69, 9.17) is 0 Å². The first-order chi connectivity index (χ1) is 15.8. The minimum atomic E-state index is -0.572. The Bertz CT molecular complexity index is 974. The van der Waals surface area contributed by atoms with Gasteiger partial charge in [0.15, 0.2) is 0 Å². The maximum atomic E-state index is 13.2. The van der Waals surface area contributed by atoms with Crippen molar-refractivity contribution in [3.63, 3.8) is 0 Å². The van der Waals surface area contributed by atoms with Crippen LogP contribution in [0.2, 0.25) is 0 Å². The van der Waals surface area contributed by atoms with Gasteiger partial charge in [0.1, 0.15) is 6.04 Å². The molecular formula is C25H31N3O4S. The molecule has 0 radical (unpaired) electrons. The molecule has 0 saturated heterocycles. The van der Waals surface area contributed by atoms with E-state index in [2.05, 4.69) is 5.32 Å². The predicted octanol–water partition coefficient (Wildman–Crippen LogP) is 4.61. The lowest BCUT2D eigenvalue weighted by molar-refractivity contribution is -0.384. The average molecular weight is 470 g/mol. The largest absolute Gasteiger partial charge is 0.352 e. The predicted molar refractivity (Wildman–Crippen MR) is 131 cm³/mol. The van der Waals surface area contributed by atoms with E-state index in [1.807, 2.05) is 31.2 Å². The lowest BCUT2D eigenvalue weighted by Crippen LogP contribution is -2.50. The lowest BCUT2D eigenvalue weighted by atomic mass is 10.1. The summed E-state index contributed by atoms with van der Waals surface area (Å²) < 4.78 is 0. The Labute approximate surface area is 199 Å². The third kappa shape index (κ3) is 7.05. The number of non-ortho nitro benzene ring substituents is 1. The first-order valence-electron chi connectivity index (χ1n) is 11.3. The van der Waals surface area contributed by atoms with Crippen molar-refractivity contribution < 1.29 is 14.5 Å². The van der Waals surface area contributed by atoms with Crippen LogP contribution in [0.1, 0.15) is 49.3 Å². The fraction of sp³-hybridized carbons (Fsp3) is 0.440. The van der Waals surface area contributed by atoms with Gasteiger partial charge in [-0.15, -0.1) is 11.8 Å². The number of rotatable bonds is 10. The zero-order valence-corrected chi connectivity index (χ0v) is 20.0. The number of aryl methyl sites for hydroxylation is 1. The smallest absolute Gasteiger partial charge is 0.269 e. The molecule has 2 aromatic rings. The van der Waals surface area contributed by atoms with E-state index in [0.717, 1.165) is 42.4 Å². The second-order valence-corrected chi connectivity index (χ2v) is 9.52. The molecule has 0 spiro atoms. The zero-order valence-electron chi connectivity index (χ0n) is 19.2. The quantitative estimate of drug-likeness (QED) is 0.405. The van der Waals surface area contributed by atoms with Gasteiger partial charge < -0.3 is 10.2 Å². The number of carbonyl (C=O) groups excluding carboxylic acids is 2. The van der Waals surface area contributed by atoms with E-state index in [0.29, 0.717) is 12.3 Å². The Morgan fingerprint density at radius 2 is 1.82 bits per heavy atom. The monoisotopic (exact) mass is 469 g/mol. The molecule has 0 bridgehead atoms. The maximum absolute atomic E-state index is 13.2. The number of nitrogens with zero attached hydrogens (tertiary/aromatic N) is 2. The molecular weight excluding hydrogens is 438 g/mol. The lowest BCUT2D eigenvalue weighted by Gasteiger charge is -2.30. The fourth-order valence-electron chi connectivity index (χ4n) is 4.00. The van der Waals surface area contributed by atoms with Gasteiger partial charge in [-0.3, -0.25) is 19.7 Å². The number of hydrogen-bond donors (Lipinski definition) is 1. The second kappa shape index (κ2) is 11.8. The van der Waals surface area contributed by atoms with Crippen LogP contribution in [0.25, 0.3) is 0 Å². The van der Waals surface area contributed by atoms with E-state index in [1.54, 1.807) is 24.0 Å². The van der Waals surface area contributed by atoms with Gasteiger partial charge in [0.2, 0.25) is 11.8 Å². The van der Waals surface area contributed by atoms with Crippen LogP contribution < -0.4 is 5.32 Å². The number of nitrogens with one attached hydrogen (secondary N) is 1. The van der Waals surface area contributed by atoms with Crippen LogP contribution in [0.4, 0.5) is 5.69 Å². The number of benzene rings is 2. The average Bonchev–Trinajstić information content (AvgIpc) is 3.31. The molecule has 8 heteroatoms. The van der Waals surface area contributed by atoms with Crippen molar-refractivity contribution in [3.8, 4) is 0 Å². The number of nitro benzene ring substituents is 1. The van der Waals surface area contributed by atoms with Crippen molar-refractivity contribution in [2.75, 3.05) is 5.75 Å². The van der Waals surface area contributed by atoms with Crippen molar-refractivity contribution in [2.24, 2.45) is 0 Å². The van der Waals surface area contributed by atoms with Crippen molar-refractivity contribution in [2.45, 2.75) is 63.9 Å². The molecule has 1 fully saturated rings. The molecule has 1 N–H and O–H groups in total. The van der Waals surface area contributed by atoms with Crippen LogP contribution in [-0.4, -0.2) is 39.5 Å². The molecule has 0 aromatic heterocycles. The standard InChI is InChI=1S/C25H31N3O4S/c1-18-7-3-4-8-21(18)15-27(19(2)25(30)26-22-9-5-6-10-22)24(29)17-33-16-20-11-13-23(14-12-20)28(31)32/h3-4,7-8,11-14,19,22H,5-6,9-10,15-17H2,1-2H3,(H,26,30)/t19-/m1/s1. The minimum absolute atomic E-state index is 0.0475. The maximum Gasteiger partial charge on any atom is 0.269 e. The van der Waals surface area contributed by atoms with E-state index < -0.39 is 11.0 Å². The second-order valence-electron chi connectivity index (χ2n) is 8.53. The van der Waals surface area contributed by atoms with Crippen LogP contribution in [0, 0.1) is 17.0 Å². The van der Waals surface area contributed by atoms with Gasteiger partial charge in [0, 0.05) is 30.5 Å². The van der Waals surface area contributed by atoms with Crippen LogP contribution in [0.5, 0.6) is 0 Å². The molecule has 3 rings (SSSR count). The molecule has 0 aliphatic heterocycles. The highest BCUT2D eigenvalue weighted by molar-refractivity contribution is 7.99. The van der Waals surface area contributed by atoms with Crippen molar-refractivity contribution in [1.82, 2.24) is 10.2 Å². The molecule has 0 heterocycles. The molecule has 1 aliphatic carbocycles. The Balaban J connectivity index is 1.64. The Morgan fingerprint density at radius 3 is 2.45 bits per heavy atom. The molecule has 1 saturated carbocycles. The molecule has 1 atom stereocenters. The Hall–Kier alpha value is -2.87. The highest BCUT2D eigenvalue weighted by atomic mass is 32.2. The van der Waals surface area contributed by atoms with Crippen molar-refractivity contribution in [3.05, 3.63) is 75.3 Å². The van der Waals surface area contributed by atoms with E-state index >= 15 is 0 Å². The number of amides is 2. The summed E-state index contributed by atoms with van der Waals surface area (Å²) in [4.78, 5) is 38.2. The zero-order chi connectivity index (χ0) is 23.8. The Morgan fingerprint density at radius 1 is 1.15 bits per heavy atom. The van der Waals surface area contributed by atoms with Gasteiger partial charge in [-0.2, -0.15) is 0 Å². The minimum Gasteiger partial charge on any atom is -0.352 e. The Kier molecular flexibility index (Phi) is 8.88. The van der Waals surface area contributed by atoms with Gasteiger partial charge in [-0.1, -0.05) is 49.2 Å². The first kappa shape index (κ1) is 24.8. The summed E-state index contributed by atoms with van der Waals surface area (Å²) in [6, 6.07) is 13.9. The normalized spacial score (nSPS) is 14.6. The SMILES string of the molecule is Cc1ccccc1CN(C(=O)CSCc1ccc([N+](=O)[O-])cc1)[C@H](C)C(=O)NC1CCCC1. The third-order valence-electron chi connectivity index (χ3n) is 6.11. The first-order valence-corrected chi connectivity index (χ1v) is 12.5. The van der Waals surface area contributed by atoms with Crippen molar-refractivity contribution in [1.29, 1.82) is 0 Å². The summed E-state index contributed by atoms with van der Waals surface area (Å²) >= 11 is 1.44. The summed E-state index contributed by atoms with van der Waals surface area (Å²) in [6.07, 6.45) is 4.25. The molecule has 2 amide bonds. The van der Waals surface area contributed by atoms with Crippen LogP contribution >= 0.6 is 11.8 Å². The fourth-order valence-corrected chi connectivity index (χ4v) is 4.87. The highest BCUT2D eigenvalue weighted by Gasteiger charge is 2.28. The molecule has 7 nitrogen and oxygen atoms in total. The number of nitro groups is 1. The molecule has 2 aromatic carbocycles. The van der Waals surface area contributed by atoms with Crippen LogP contribution in [-0.2, 0) is 21.9 Å². The van der Waals surface area contributed by atoms with Gasteiger partial charge in [0.05, 0.1) is 10.7 Å². The highest BCUT2D eigenvalue weighted by Crippen LogP contribution is 2.21. The summed E-state index contributed by atoms with van der Waals surface area (Å²) in [5, 5.41) is 13.9. The third-order valence-corrected chi connectivity index (χ3v) is 7.10. The van der Waals surface area contributed by atoms with Crippen LogP contribution in [0.3, 0.4) is 0 Å². The summed E-state index contributed by atoms with van der Waals surface area (Å²) in [5.41, 5.74) is 3.06. The number of hydrogen-bond acceptors (Lipinski definition) is 5. The summed E-state index contributed by atoms with van der Waals surface area (Å²) in [5.74, 6) is 0.581. The van der Waals surface area contributed by atoms with E-state index in [-0.39, 0.29) is 29.3 Å². The molecule has 0 unspecified atom stereocenters. The number of thioether (sulfide) groups is 1. The van der Waals surface area contributed by atoms with E-state index in [1.165, 1.54) is 23.9 Å². The van der Waals surface area contributed by atoms with Gasteiger partial charge in [-0.05, 0) is 43.4 Å².